The van der Waals surface area contributed by atoms with Crippen molar-refractivity contribution in [3.8, 4) is 0 Å². The van der Waals surface area contributed by atoms with Crippen molar-refractivity contribution < 1.29 is 14.7 Å². The number of carboxylic acids is 1. The van der Waals surface area contributed by atoms with Crippen LogP contribution >= 0.6 is 0 Å². The Balaban J connectivity index is 2.14. The maximum atomic E-state index is 12.1. The van der Waals surface area contributed by atoms with Gasteiger partial charge in [0.25, 0.3) is 5.91 Å². The molecule has 1 amide bonds. The van der Waals surface area contributed by atoms with Gasteiger partial charge in [-0.25, -0.2) is 9.78 Å². The fourth-order valence-corrected chi connectivity index (χ4v) is 1.73. The minimum Gasteiger partial charge on any atom is -0.477 e. The number of amides is 1. The monoisotopic (exact) mass is 285 g/mol. The smallest absolute Gasteiger partial charge is 0.354 e. The highest BCUT2D eigenvalue weighted by Crippen LogP contribution is 2.16. The highest BCUT2D eigenvalue weighted by Gasteiger charge is 2.11. The van der Waals surface area contributed by atoms with Crippen LogP contribution < -0.4 is 10.2 Å². The second-order valence-electron chi connectivity index (χ2n) is 4.63. The molecule has 0 saturated heterocycles. The van der Waals surface area contributed by atoms with Gasteiger partial charge in [-0.3, -0.25) is 4.79 Å². The van der Waals surface area contributed by atoms with E-state index in [1.807, 2.05) is 31.1 Å². The zero-order valence-corrected chi connectivity index (χ0v) is 11.7. The molecule has 0 aliphatic carbocycles. The third-order valence-electron chi connectivity index (χ3n) is 2.88. The first kappa shape index (κ1) is 14.5. The summed E-state index contributed by atoms with van der Waals surface area (Å²) in [4.78, 5) is 28.5. The number of aromatic nitrogens is 1. The lowest BCUT2D eigenvalue weighted by Gasteiger charge is -2.13. The molecule has 1 aromatic carbocycles. The molecule has 0 aliphatic heterocycles. The van der Waals surface area contributed by atoms with E-state index in [9.17, 15) is 9.59 Å². The van der Waals surface area contributed by atoms with Crippen molar-refractivity contribution in [2.75, 3.05) is 24.3 Å². The van der Waals surface area contributed by atoms with E-state index in [-0.39, 0.29) is 17.2 Å². The average molecular weight is 285 g/mol. The Morgan fingerprint density at radius 1 is 1.14 bits per heavy atom. The van der Waals surface area contributed by atoms with Crippen LogP contribution in [0.4, 0.5) is 11.4 Å². The second-order valence-corrected chi connectivity index (χ2v) is 4.63. The van der Waals surface area contributed by atoms with E-state index in [0.717, 1.165) is 5.69 Å². The quantitative estimate of drug-likeness (QED) is 0.899. The standard InChI is InChI=1S/C15H15N3O3/c1-18(2)12-5-3-11(4-6-12)17-14(19)10-7-8-16-13(9-10)15(20)21/h3-9H,1-2H3,(H,17,19)(H,20,21). The maximum Gasteiger partial charge on any atom is 0.354 e. The van der Waals surface area contributed by atoms with Crippen LogP contribution in [0.25, 0.3) is 0 Å². The minimum atomic E-state index is -1.17. The van der Waals surface area contributed by atoms with Gasteiger partial charge in [-0.05, 0) is 36.4 Å². The number of carbonyl (C=O) groups is 2. The molecule has 2 rings (SSSR count). The largest absolute Gasteiger partial charge is 0.477 e. The molecule has 2 N–H and O–H groups in total. The summed E-state index contributed by atoms with van der Waals surface area (Å²) < 4.78 is 0. The molecule has 0 saturated carbocycles. The maximum absolute atomic E-state index is 12.1. The number of benzene rings is 1. The predicted molar refractivity (Wildman–Crippen MR) is 79.9 cm³/mol. The molecule has 1 heterocycles. The Kier molecular flexibility index (Phi) is 4.18. The van der Waals surface area contributed by atoms with Crippen LogP contribution in [0.15, 0.2) is 42.6 Å². The van der Waals surface area contributed by atoms with Crippen molar-refractivity contribution in [1.82, 2.24) is 4.98 Å². The van der Waals surface area contributed by atoms with E-state index in [0.29, 0.717) is 5.69 Å². The van der Waals surface area contributed by atoms with Crippen molar-refractivity contribution in [3.63, 3.8) is 0 Å². The molecule has 0 spiro atoms. The van der Waals surface area contributed by atoms with Crippen molar-refractivity contribution in [1.29, 1.82) is 0 Å². The van der Waals surface area contributed by atoms with Gasteiger partial charge in [-0.15, -0.1) is 0 Å². The number of nitrogens with one attached hydrogen (secondary N) is 1. The van der Waals surface area contributed by atoms with E-state index < -0.39 is 5.97 Å². The van der Waals surface area contributed by atoms with Gasteiger partial charge in [0.1, 0.15) is 5.69 Å². The van der Waals surface area contributed by atoms with Gasteiger partial charge in [0, 0.05) is 37.2 Å². The van der Waals surface area contributed by atoms with Gasteiger partial charge in [0.05, 0.1) is 0 Å². The molecular weight excluding hydrogens is 270 g/mol. The fourth-order valence-electron chi connectivity index (χ4n) is 1.73. The summed E-state index contributed by atoms with van der Waals surface area (Å²) in [7, 11) is 3.86. The third kappa shape index (κ3) is 3.56. The average Bonchev–Trinajstić information content (AvgIpc) is 2.48. The zero-order chi connectivity index (χ0) is 15.4. The molecule has 6 heteroatoms. The Morgan fingerprint density at radius 2 is 1.81 bits per heavy atom. The second kappa shape index (κ2) is 6.04. The van der Waals surface area contributed by atoms with Crippen LogP contribution in [-0.4, -0.2) is 36.1 Å². The van der Waals surface area contributed by atoms with Crippen LogP contribution in [0.1, 0.15) is 20.8 Å². The molecule has 6 nitrogen and oxygen atoms in total. The highest BCUT2D eigenvalue weighted by atomic mass is 16.4. The Bertz CT molecular complexity index is 666. The molecular formula is C15H15N3O3. The van der Waals surface area contributed by atoms with Crippen LogP contribution in [0.3, 0.4) is 0 Å². The van der Waals surface area contributed by atoms with Crippen molar-refractivity contribution >= 4 is 23.3 Å². The minimum absolute atomic E-state index is 0.161. The van der Waals surface area contributed by atoms with Gasteiger partial charge in [-0.1, -0.05) is 0 Å². The molecule has 0 bridgehead atoms. The summed E-state index contributed by atoms with van der Waals surface area (Å²) in [6.07, 6.45) is 1.30. The lowest BCUT2D eigenvalue weighted by atomic mass is 10.2. The number of hydrogen-bond donors (Lipinski definition) is 2. The number of pyridine rings is 1. The Hall–Kier alpha value is -2.89. The summed E-state index contributed by atoms with van der Waals surface area (Å²) >= 11 is 0. The van der Waals surface area contributed by atoms with Crippen LogP contribution in [-0.2, 0) is 0 Å². The van der Waals surface area contributed by atoms with Crippen LogP contribution in [0.5, 0.6) is 0 Å². The first-order chi connectivity index (χ1) is 9.97. The highest BCUT2D eigenvalue weighted by molar-refractivity contribution is 6.05. The fraction of sp³-hybridized carbons (Fsp3) is 0.133. The molecule has 21 heavy (non-hydrogen) atoms. The summed E-state index contributed by atoms with van der Waals surface area (Å²) in [6.45, 7) is 0. The summed E-state index contributed by atoms with van der Waals surface area (Å²) in [5.41, 5.74) is 1.74. The van der Waals surface area contributed by atoms with E-state index in [1.54, 1.807) is 12.1 Å². The summed E-state index contributed by atoms with van der Waals surface area (Å²) in [5, 5.41) is 11.6. The Morgan fingerprint density at radius 3 is 2.38 bits per heavy atom. The van der Waals surface area contributed by atoms with Gasteiger partial charge in [0.2, 0.25) is 0 Å². The summed E-state index contributed by atoms with van der Waals surface area (Å²) in [5.74, 6) is -1.54. The van der Waals surface area contributed by atoms with Gasteiger partial charge >= 0.3 is 5.97 Å². The van der Waals surface area contributed by atoms with E-state index in [1.165, 1.54) is 18.3 Å². The normalized spacial score (nSPS) is 10.0. The molecule has 0 fully saturated rings. The van der Waals surface area contributed by atoms with Gasteiger partial charge < -0.3 is 15.3 Å². The molecule has 0 atom stereocenters. The number of hydrogen-bond acceptors (Lipinski definition) is 4. The Labute approximate surface area is 122 Å². The van der Waals surface area contributed by atoms with E-state index in [2.05, 4.69) is 10.3 Å². The molecule has 1 aromatic heterocycles. The number of carboxylic acid groups (broad SMARTS) is 1. The first-order valence-corrected chi connectivity index (χ1v) is 6.25. The zero-order valence-electron chi connectivity index (χ0n) is 11.7. The topological polar surface area (TPSA) is 82.5 Å². The molecule has 0 radical (unpaired) electrons. The van der Waals surface area contributed by atoms with E-state index >= 15 is 0 Å². The number of rotatable bonds is 4. The van der Waals surface area contributed by atoms with Crippen LogP contribution in [0.2, 0.25) is 0 Å². The number of aromatic carboxylic acids is 1. The van der Waals surface area contributed by atoms with Crippen molar-refractivity contribution in [3.05, 3.63) is 53.9 Å². The van der Waals surface area contributed by atoms with Gasteiger partial charge in [0.15, 0.2) is 0 Å². The molecule has 0 unspecified atom stereocenters. The molecule has 108 valence electrons. The lowest BCUT2D eigenvalue weighted by Crippen LogP contribution is -2.14. The van der Waals surface area contributed by atoms with Crippen molar-refractivity contribution in [2.45, 2.75) is 0 Å². The molecule has 0 aliphatic rings. The SMILES string of the molecule is CN(C)c1ccc(NC(=O)c2ccnc(C(=O)O)c2)cc1. The van der Waals surface area contributed by atoms with Crippen molar-refractivity contribution in [2.24, 2.45) is 0 Å². The lowest BCUT2D eigenvalue weighted by molar-refractivity contribution is 0.0690. The predicted octanol–water partition coefficient (Wildman–Crippen LogP) is 2.10. The molecule has 2 aromatic rings. The summed E-state index contributed by atoms with van der Waals surface area (Å²) in [6, 6.07) is 10.0. The number of carbonyl (C=O) groups excluding carboxylic acids is 1. The third-order valence-corrected chi connectivity index (χ3v) is 2.88. The van der Waals surface area contributed by atoms with Crippen LogP contribution in [0, 0.1) is 0 Å². The van der Waals surface area contributed by atoms with E-state index in [4.69, 9.17) is 5.11 Å². The number of nitrogens with zero attached hydrogens (tertiary/aromatic N) is 2. The first-order valence-electron chi connectivity index (χ1n) is 6.25. The number of anilines is 2. The van der Waals surface area contributed by atoms with Gasteiger partial charge in [-0.2, -0.15) is 0 Å².